The molecule has 2 fully saturated rings. The fourth-order valence-corrected chi connectivity index (χ4v) is 2.11. The third kappa shape index (κ3) is 3.91. The number of carbonyl (C=O) groups is 1. The van der Waals surface area contributed by atoms with Crippen molar-refractivity contribution in [2.75, 3.05) is 52.7 Å². The number of rotatable bonds is 4. The van der Waals surface area contributed by atoms with Crippen LogP contribution in [0.4, 0.5) is 0 Å². The minimum atomic E-state index is -0.186. The zero-order chi connectivity index (χ0) is 12.8. The number of hydrogen-bond acceptors (Lipinski definition) is 5. The number of carbonyl (C=O) groups excluding carboxylic acids is 1. The van der Waals surface area contributed by atoms with Gasteiger partial charge in [-0.05, 0) is 6.92 Å². The van der Waals surface area contributed by atoms with Crippen LogP contribution in [0.15, 0.2) is 0 Å². The van der Waals surface area contributed by atoms with Crippen LogP contribution in [0.25, 0.3) is 0 Å². The first-order valence-corrected chi connectivity index (χ1v) is 6.56. The highest BCUT2D eigenvalue weighted by Gasteiger charge is 2.23. The summed E-state index contributed by atoms with van der Waals surface area (Å²) in [6, 6.07) is -0.186. The van der Waals surface area contributed by atoms with Crippen molar-refractivity contribution in [3.05, 3.63) is 0 Å². The number of hydrogen-bond donors (Lipinski definition) is 1. The molecule has 2 rings (SSSR count). The van der Waals surface area contributed by atoms with Gasteiger partial charge in [0.2, 0.25) is 5.91 Å². The molecule has 1 N–H and O–H groups in total. The van der Waals surface area contributed by atoms with Crippen molar-refractivity contribution < 1.29 is 19.0 Å². The lowest BCUT2D eigenvalue weighted by molar-refractivity contribution is -0.137. The summed E-state index contributed by atoms with van der Waals surface area (Å²) < 4.78 is 16.1. The average Bonchev–Trinajstić information content (AvgIpc) is 2.46. The second kappa shape index (κ2) is 7.04. The van der Waals surface area contributed by atoms with Gasteiger partial charge in [-0.1, -0.05) is 0 Å². The molecule has 2 saturated heterocycles. The van der Waals surface area contributed by atoms with Crippen molar-refractivity contribution in [2.45, 2.75) is 19.1 Å². The molecule has 0 aromatic carbocycles. The molecule has 0 spiro atoms. The van der Waals surface area contributed by atoms with Crippen LogP contribution in [-0.4, -0.2) is 75.6 Å². The van der Waals surface area contributed by atoms with Gasteiger partial charge >= 0.3 is 0 Å². The van der Waals surface area contributed by atoms with E-state index in [-0.39, 0.29) is 18.1 Å². The maximum atomic E-state index is 12.1. The molecule has 2 unspecified atom stereocenters. The Kier molecular flexibility index (Phi) is 5.37. The van der Waals surface area contributed by atoms with E-state index in [4.69, 9.17) is 14.2 Å². The van der Waals surface area contributed by atoms with Crippen molar-refractivity contribution >= 4 is 5.91 Å². The van der Waals surface area contributed by atoms with Crippen molar-refractivity contribution in [2.24, 2.45) is 0 Å². The molecule has 0 radical (unpaired) electrons. The van der Waals surface area contributed by atoms with E-state index in [2.05, 4.69) is 5.32 Å². The van der Waals surface area contributed by atoms with Gasteiger partial charge in [-0.15, -0.1) is 0 Å². The molecule has 0 saturated carbocycles. The molecular formula is C12H22N2O4. The third-order valence-corrected chi connectivity index (χ3v) is 3.23. The molecule has 0 aliphatic carbocycles. The molecule has 0 aromatic rings. The van der Waals surface area contributed by atoms with Crippen LogP contribution in [0.2, 0.25) is 0 Å². The summed E-state index contributed by atoms with van der Waals surface area (Å²) >= 11 is 0. The number of morpholine rings is 1. The minimum Gasteiger partial charge on any atom is -0.378 e. The van der Waals surface area contributed by atoms with Gasteiger partial charge in [0.05, 0.1) is 45.2 Å². The van der Waals surface area contributed by atoms with E-state index in [1.54, 1.807) is 0 Å². The fraction of sp³-hybridized carbons (Fsp3) is 0.917. The lowest BCUT2D eigenvalue weighted by Gasteiger charge is -2.30. The third-order valence-electron chi connectivity index (χ3n) is 3.23. The normalized spacial score (nSPS) is 26.9. The highest BCUT2D eigenvalue weighted by molar-refractivity contribution is 5.81. The topological polar surface area (TPSA) is 60.0 Å². The first-order valence-electron chi connectivity index (χ1n) is 6.56. The van der Waals surface area contributed by atoms with Gasteiger partial charge in [0, 0.05) is 19.6 Å². The zero-order valence-corrected chi connectivity index (χ0v) is 10.9. The first-order chi connectivity index (χ1) is 8.77. The highest BCUT2D eigenvalue weighted by atomic mass is 16.6. The molecule has 2 atom stereocenters. The van der Waals surface area contributed by atoms with Crippen LogP contribution >= 0.6 is 0 Å². The summed E-state index contributed by atoms with van der Waals surface area (Å²) in [4.78, 5) is 14.0. The predicted molar refractivity (Wildman–Crippen MR) is 65.4 cm³/mol. The Balaban J connectivity index is 1.69. The van der Waals surface area contributed by atoms with E-state index in [0.717, 1.165) is 0 Å². The molecular weight excluding hydrogens is 236 g/mol. The molecule has 6 heteroatoms. The van der Waals surface area contributed by atoms with E-state index in [0.29, 0.717) is 52.7 Å². The molecule has 0 aromatic heterocycles. The van der Waals surface area contributed by atoms with Crippen LogP contribution in [0.5, 0.6) is 0 Å². The maximum Gasteiger partial charge on any atom is 0.239 e. The Labute approximate surface area is 108 Å². The van der Waals surface area contributed by atoms with Gasteiger partial charge in [0.1, 0.15) is 0 Å². The van der Waals surface area contributed by atoms with Crippen LogP contribution < -0.4 is 5.32 Å². The van der Waals surface area contributed by atoms with Crippen LogP contribution in [0.1, 0.15) is 6.92 Å². The lowest BCUT2D eigenvalue weighted by atomic mass is 10.2. The van der Waals surface area contributed by atoms with Crippen LogP contribution in [-0.2, 0) is 19.0 Å². The molecule has 0 bridgehead atoms. The Hall–Kier alpha value is -0.690. The van der Waals surface area contributed by atoms with Crippen LogP contribution in [0, 0.1) is 0 Å². The first kappa shape index (κ1) is 13.7. The van der Waals surface area contributed by atoms with E-state index < -0.39 is 0 Å². The van der Waals surface area contributed by atoms with Crippen molar-refractivity contribution in [1.82, 2.24) is 10.2 Å². The summed E-state index contributed by atoms with van der Waals surface area (Å²) in [5.74, 6) is 0.134. The Morgan fingerprint density at radius 2 is 2.06 bits per heavy atom. The number of nitrogens with one attached hydrogen (secondary N) is 1. The summed E-state index contributed by atoms with van der Waals surface area (Å²) in [6.45, 7) is 7.10. The van der Waals surface area contributed by atoms with E-state index in [1.165, 1.54) is 0 Å². The summed E-state index contributed by atoms with van der Waals surface area (Å²) in [6.07, 6.45) is 0.0543. The number of nitrogens with zero attached hydrogens (tertiary/aromatic N) is 1. The monoisotopic (exact) mass is 258 g/mol. The Morgan fingerprint density at radius 1 is 1.28 bits per heavy atom. The molecule has 2 aliphatic heterocycles. The van der Waals surface area contributed by atoms with Crippen molar-refractivity contribution in [3.8, 4) is 0 Å². The fourth-order valence-electron chi connectivity index (χ4n) is 2.11. The average molecular weight is 258 g/mol. The largest absolute Gasteiger partial charge is 0.378 e. The molecule has 2 heterocycles. The standard InChI is InChI=1S/C12H22N2O4/c1-10(12(15)14-2-4-16-5-3-14)13-8-11-9-17-6-7-18-11/h10-11,13H,2-9H2,1H3. The predicted octanol–water partition coefficient (Wildman–Crippen LogP) is -0.761. The van der Waals surface area contributed by atoms with E-state index >= 15 is 0 Å². The summed E-state index contributed by atoms with van der Waals surface area (Å²) in [5.41, 5.74) is 0. The SMILES string of the molecule is CC(NCC1COCCO1)C(=O)N1CCOCC1. The van der Waals surface area contributed by atoms with E-state index in [1.807, 2.05) is 11.8 Å². The van der Waals surface area contributed by atoms with Gasteiger partial charge < -0.3 is 24.4 Å². The zero-order valence-electron chi connectivity index (χ0n) is 10.9. The number of amides is 1. The van der Waals surface area contributed by atoms with Gasteiger partial charge in [-0.2, -0.15) is 0 Å². The van der Waals surface area contributed by atoms with Gasteiger partial charge in [0.15, 0.2) is 0 Å². The molecule has 104 valence electrons. The van der Waals surface area contributed by atoms with Gasteiger partial charge in [-0.3, -0.25) is 4.79 Å². The van der Waals surface area contributed by atoms with E-state index in [9.17, 15) is 4.79 Å². The smallest absolute Gasteiger partial charge is 0.239 e. The summed E-state index contributed by atoms with van der Waals surface area (Å²) in [7, 11) is 0. The second-order valence-corrected chi connectivity index (χ2v) is 4.64. The van der Waals surface area contributed by atoms with Crippen molar-refractivity contribution in [1.29, 1.82) is 0 Å². The minimum absolute atomic E-state index is 0.0543. The molecule has 1 amide bonds. The summed E-state index contributed by atoms with van der Waals surface area (Å²) in [5, 5.41) is 3.21. The highest BCUT2D eigenvalue weighted by Crippen LogP contribution is 2.03. The lowest BCUT2D eigenvalue weighted by Crippen LogP contribution is -2.51. The van der Waals surface area contributed by atoms with Gasteiger partial charge in [-0.25, -0.2) is 0 Å². The molecule has 2 aliphatic rings. The van der Waals surface area contributed by atoms with Crippen LogP contribution in [0.3, 0.4) is 0 Å². The molecule has 6 nitrogen and oxygen atoms in total. The number of ether oxygens (including phenoxy) is 3. The second-order valence-electron chi connectivity index (χ2n) is 4.64. The molecule has 18 heavy (non-hydrogen) atoms. The van der Waals surface area contributed by atoms with Gasteiger partial charge in [0.25, 0.3) is 0 Å². The quantitative estimate of drug-likeness (QED) is 0.718. The van der Waals surface area contributed by atoms with Crippen molar-refractivity contribution in [3.63, 3.8) is 0 Å². The maximum absolute atomic E-state index is 12.1. The Morgan fingerprint density at radius 3 is 2.72 bits per heavy atom. The Bertz CT molecular complexity index is 263.